The molecule has 1 aliphatic heterocycles. The molecule has 28 heavy (non-hydrogen) atoms. The number of rotatable bonds is 5. The molecule has 5 nitrogen and oxygen atoms in total. The fourth-order valence-corrected chi connectivity index (χ4v) is 3.40. The zero-order chi connectivity index (χ0) is 19.3. The molecule has 0 spiro atoms. The van der Waals surface area contributed by atoms with Gasteiger partial charge in [-0.05, 0) is 41.7 Å². The average molecular weight is 376 g/mol. The summed E-state index contributed by atoms with van der Waals surface area (Å²) in [6.45, 7) is 1.75. The molecule has 0 aliphatic carbocycles. The van der Waals surface area contributed by atoms with Gasteiger partial charge in [-0.2, -0.15) is 0 Å². The zero-order valence-corrected chi connectivity index (χ0v) is 15.4. The van der Waals surface area contributed by atoms with E-state index in [4.69, 9.17) is 0 Å². The maximum Gasteiger partial charge on any atom is 0.272 e. The summed E-state index contributed by atoms with van der Waals surface area (Å²) in [5.41, 5.74) is 3.47. The third kappa shape index (κ3) is 4.01. The lowest BCUT2D eigenvalue weighted by Gasteiger charge is -2.28. The Bertz CT molecular complexity index is 992. The minimum atomic E-state index is -0.223. The van der Waals surface area contributed by atoms with Gasteiger partial charge in [-0.1, -0.05) is 42.5 Å². The Labute approximate surface area is 163 Å². The van der Waals surface area contributed by atoms with Gasteiger partial charge in [-0.25, -0.2) is 14.4 Å². The van der Waals surface area contributed by atoms with Crippen molar-refractivity contribution in [3.63, 3.8) is 0 Å². The number of nitrogens with one attached hydrogen (secondary N) is 1. The molecule has 0 fully saturated rings. The SMILES string of the molecule is O=C(c1ccnc(NCCc2ccccc2F)n1)N1CCc2ccccc2C1. The molecule has 1 aromatic heterocycles. The van der Waals surface area contributed by atoms with Gasteiger partial charge in [0, 0.05) is 25.8 Å². The van der Waals surface area contributed by atoms with Crippen LogP contribution in [-0.4, -0.2) is 33.9 Å². The van der Waals surface area contributed by atoms with Gasteiger partial charge in [0.2, 0.25) is 5.95 Å². The lowest BCUT2D eigenvalue weighted by molar-refractivity contribution is 0.0728. The van der Waals surface area contributed by atoms with Gasteiger partial charge < -0.3 is 10.2 Å². The van der Waals surface area contributed by atoms with Crippen molar-refractivity contribution in [1.29, 1.82) is 0 Å². The first-order valence-corrected chi connectivity index (χ1v) is 9.37. The van der Waals surface area contributed by atoms with E-state index >= 15 is 0 Å². The van der Waals surface area contributed by atoms with Crippen molar-refractivity contribution in [3.05, 3.63) is 89.0 Å². The monoisotopic (exact) mass is 376 g/mol. The average Bonchev–Trinajstić information content (AvgIpc) is 2.74. The lowest BCUT2D eigenvalue weighted by atomic mass is 10.00. The molecular formula is C22H21FN4O. The van der Waals surface area contributed by atoms with Crippen LogP contribution < -0.4 is 5.32 Å². The number of aromatic nitrogens is 2. The van der Waals surface area contributed by atoms with Crippen LogP contribution in [0.5, 0.6) is 0 Å². The number of hydrogen-bond acceptors (Lipinski definition) is 4. The molecule has 3 aromatic rings. The number of nitrogens with zero attached hydrogens (tertiary/aromatic N) is 3. The first kappa shape index (κ1) is 18.1. The van der Waals surface area contributed by atoms with Crippen LogP contribution in [0.25, 0.3) is 0 Å². The predicted molar refractivity (Wildman–Crippen MR) is 106 cm³/mol. The summed E-state index contributed by atoms with van der Waals surface area (Å²) < 4.78 is 13.7. The van der Waals surface area contributed by atoms with Crippen LogP contribution >= 0.6 is 0 Å². The van der Waals surface area contributed by atoms with Gasteiger partial charge in [0.25, 0.3) is 5.91 Å². The number of halogens is 1. The fourth-order valence-electron chi connectivity index (χ4n) is 3.40. The van der Waals surface area contributed by atoms with Gasteiger partial charge in [-0.15, -0.1) is 0 Å². The topological polar surface area (TPSA) is 58.1 Å². The molecule has 0 saturated carbocycles. The molecule has 0 saturated heterocycles. The smallest absolute Gasteiger partial charge is 0.272 e. The molecule has 1 aliphatic rings. The summed E-state index contributed by atoms with van der Waals surface area (Å²) in [4.78, 5) is 23.2. The van der Waals surface area contributed by atoms with Gasteiger partial charge in [-0.3, -0.25) is 4.79 Å². The zero-order valence-electron chi connectivity index (χ0n) is 15.4. The highest BCUT2D eigenvalue weighted by molar-refractivity contribution is 5.92. The maximum atomic E-state index is 13.7. The van der Waals surface area contributed by atoms with Crippen LogP contribution in [0.1, 0.15) is 27.2 Å². The molecule has 142 valence electrons. The number of fused-ring (bicyclic) bond motifs is 1. The normalized spacial score (nSPS) is 13.1. The van der Waals surface area contributed by atoms with Crippen LogP contribution in [0.15, 0.2) is 60.8 Å². The Balaban J connectivity index is 1.39. The molecule has 1 amide bonds. The number of hydrogen-bond donors (Lipinski definition) is 1. The van der Waals surface area contributed by atoms with Crippen LogP contribution in [0, 0.1) is 5.82 Å². The molecule has 0 unspecified atom stereocenters. The molecule has 0 bridgehead atoms. The molecule has 6 heteroatoms. The summed E-state index contributed by atoms with van der Waals surface area (Å²) in [6.07, 6.45) is 2.93. The van der Waals surface area contributed by atoms with Crippen molar-refractivity contribution in [2.45, 2.75) is 19.4 Å². The Kier molecular flexibility index (Phi) is 5.28. The summed E-state index contributed by atoms with van der Waals surface area (Å²) in [6, 6.07) is 16.5. The molecule has 0 radical (unpaired) electrons. The van der Waals surface area contributed by atoms with Crippen molar-refractivity contribution in [2.75, 3.05) is 18.4 Å². The molecule has 2 heterocycles. The van der Waals surface area contributed by atoms with E-state index in [9.17, 15) is 9.18 Å². The molecule has 1 N–H and O–H groups in total. The number of carbonyl (C=O) groups is 1. The van der Waals surface area contributed by atoms with E-state index in [1.165, 1.54) is 17.2 Å². The first-order chi connectivity index (χ1) is 13.7. The first-order valence-electron chi connectivity index (χ1n) is 9.37. The quantitative estimate of drug-likeness (QED) is 0.741. The van der Waals surface area contributed by atoms with Gasteiger partial charge >= 0.3 is 0 Å². The van der Waals surface area contributed by atoms with Crippen LogP contribution in [-0.2, 0) is 19.4 Å². The van der Waals surface area contributed by atoms with Crippen molar-refractivity contribution in [2.24, 2.45) is 0 Å². The van der Waals surface area contributed by atoms with E-state index in [0.29, 0.717) is 43.3 Å². The van der Waals surface area contributed by atoms with Gasteiger partial charge in [0.05, 0.1) is 0 Å². The number of anilines is 1. The second-order valence-corrected chi connectivity index (χ2v) is 6.78. The van der Waals surface area contributed by atoms with Gasteiger partial charge in [0.1, 0.15) is 11.5 Å². The minimum absolute atomic E-state index is 0.103. The van der Waals surface area contributed by atoms with E-state index in [-0.39, 0.29) is 11.7 Å². The molecule has 4 rings (SSSR count). The Hall–Kier alpha value is -3.28. The van der Waals surface area contributed by atoms with Gasteiger partial charge in [0.15, 0.2) is 0 Å². The summed E-state index contributed by atoms with van der Waals surface area (Å²) in [7, 11) is 0. The van der Waals surface area contributed by atoms with Crippen molar-refractivity contribution >= 4 is 11.9 Å². The maximum absolute atomic E-state index is 13.7. The summed E-state index contributed by atoms with van der Waals surface area (Å²) >= 11 is 0. The van der Waals surface area contributed by atoms with E-state index in [0.717, 1.165) is 6.42 Å². The third-order valence-electron chi connectivity index (χ3n) is 4.93. The molecule has 0 atom stereocenters. The number of amides is 1. The van der Waals surface area contributed by atoms with E-state index in [2.05, 4.69) is 27.4 Å². The molecule has 2 aromatic carbocycles. The number of benzene rings is 2. The van der Waals surface area contributed by atoms with Crippen molar-refractivity contribution < 1.29 is 9.18 Å². The minimum Gasteiger partial charge on any atom is -0.354 e. The largest absolute Gasteiger partial charge is 0.354 e. The fraction of sp³-hybridized carbons (Fsp3) is 0.227. The van der Waals surface area contributed by atoms with E-state index < -0.39 is 0 Å². The van der Waals surface area contributed by atoms with Crippen LogP contribution in [0.2, 0.25) is 0 Å². The second kappa shape index (κ2) is 8.17. The van der Waals surface area contributed by atoms with E-state index in [1.807, 2.05) is 23.1 Å². The highest BCUT2D eigenvalue weighted by Crippen LogP contribution is 2.20. The molecular weight excluding hydrogens is 355 g/mol. The Morgan fingerprint density at radius 1 is 1.07 bits per heavy atom. The second-order valence-electron chi connectivity index (χ2n) is 6.78. The Morgan fingerprint density at radius 2 is 1.86 bits per heavy atom. The lowest BCUT2D eigenvalue weighted by Crippen LogP contribution is -2.36. The van der Waals surface area contributed by atoms with Crippen molar-refractivity contribution in [3.8, 4) is 0 Å². The summed E-state index contributed by atoms with van der Waals surface area (Å²) in [5, 5.41) is 3.07. The summed E-state index contributed by atoms with van der Waals surface area (Å²) in [5.74, 6) is 0.0492. The Morgan fingerprint density at radius 3 is 2.71 bits per heavy atom. The van der Waals surface area contributed by atoms with Crippen LogP contribution in [0.4, 0.5) is 10.3 Å². The van der Waals surface area contributed by atoms with Crippen molar-refractivity contribution in [1.82, 2.24) is 14.9 Å². The van der Waals surface area contributed by atoms with Crippen LogP contribution in [0.3, 0.4) is 0 Å². The number of carbonyl (C=O) groups excluding carboxylic acids is 1. The highest BCUT2D eigenvalue weighted by Gasteiger charge is 2.22. The predicted octanol–water partition coefficient (Wildman–Crippen LogP) is 3.47. The highest BCUT2D eigenvalue weighted by atomic mass is 19.1. The standard InChI is InChI=1S/C22H21FN4O/c23-19-8-4-3-6-17(19)9-12-24-22-25-13-10-20(26-22)21(28)27-14-11-16-5-1-2-7-18(16)15-27/h1-8,10,13H,9,11-12,14-15H2,(H,24,25,26). The van der Waals surface area contributed by atoms with E-state index in [1.54, 1.807) is 24.4 Å². The third-order valence-corrected chi connectivity index (χ3v) is 4.93.